The number of allylic oxidation sites excluding steroid dienone is 2. The van der Waals surface area contributed by atoms with Crippen LogP contribution in [0.25, 0.3) is 0 Å². The fourth-order valence-electron chi connectivity index (χ4n) is 2.69. The van der Waals surface area contributed by atoms with Gasteiger partial charge in [-0.15, -0.1) is 0 Å². The molecule has 0 aromatic heterocycles. The van der Waals surface area contributed by atoms with Crippen molar-refractivity contribution in [2.24, 2.45) is 0 Å². The van der Waals surface area contributed by atoms with Crippen LogP contribution in [0.3, 0.4) is 0 Å². The second-order valence-electron chi connectivity index (χ2n) is 5.96. The van der Waals surface area contributed by atoms with Gasteiger partial charge in [-0.25, -0.2) is 0 Å². The predicted octanol–water partition coefficient (Wildman–Crippen LogP) is 6.75. The summed E-state index contributed by atoms with van der Waals surface area (Å²) in [5, 5.41) is 0. The number of hydrogen-bond donors (Lipinski definition) is 0. The highest BCUT2D eigenvalue weighted by atomic mass is 79.9. The van der Waals surface area contributed by atoms with E-state index in [0.717, 1.165) is 6.54 Å². The summed E-state index contributed by atoms with van der Waals surface area (Å²) < 4.78 is 2.04. The van der Waals surface area contributed by atoms with Crippen LogP contribution in [0.15, 0.2) is 23.9 Å². The summed E-state index contributed by atoms with van der Waals surface area (Å²) >= 11 is 3.45. The Bertz CT molecular complexity index is 283. The second kappa shape index (κ2) is 12.5. The third-order valence-corrected chi connectivity index (χ3v) is 4.57. The number of unbranched alkanes of at least 4 members (excludes halogenated alkanes) is 10. The lowest BCUT2D eigenvalue weighted by molar-refractivity contribution is 0.549. The molecule has 1 aliphatic rings. The summed E-state index contributed by atoms with van der Waals surface area (Å²) in [6.45, 7) is 3.29. The van der Waals surface area contributed by atoms with Gasteiger partial charge in [0.05, 0.1) is 0 Å². The van der Waals surface area contributed by atoms with E-state index in [2.05, 4.69) is 41.4 Å². The fourth-order valence-corrected chi connectivity index (χ4v) is 2.95. The van der Waals surface area contributed by atoms with E-state index in [9.17, 15) is 0 Å². The van der Waals surface area contributed by atoms with Crippen LogP contribution in [-0.2, 0) is 0 Å². The van der Waals surface area contributed by atoms with Gasteiger partial charge in [-0.3, -0.25) is 0 Å². The molecule has 0 unspecified atom stereocenters. The molecule has 0 saturated carbocycles. The van der Waals surface area contributed by atoms with Crippen molar-refractivity contribution in [2.45, 2.75) is 84.0 Å². The molecule has 2 heteroatoms. The summed E-state index contributed by atoms with van der Waals surface area (Å²) in [5.74, 6) is 0. The normalized spacial score (nSPS) is 14.7. The Morgan fingerprint density at radius 2 is 1.45 bits per heavy atom. The van der Waals surface area contributed by atoms with Gasteiger partial charge in [-0.2, -0.15) is 0 Å². The average molecular weight is 342 g/mol. The van der Waals surface area contributed by atoms with E-state index >= 15 is 0 Å². The van der Waals surface area contributed by atoms with Crippen LogP contribution in [-0.4, -0.2) is 10.5 Å². The first-order valence-corrected chi connectivity index (χ1v) is 9.33. The van der Waals surface area contributed by atoms with Gasteiger partial charge in [0.2, 0.25) is 0 Å². The molecule has 0 aliphatic carbocycles. The minimum atomic E-state index is 1.00. The third kappa shape index (κ3) is 9.63. The first-order valence-electron chi connectivity index (χ1n) is 8.62. The monoisotopic (exact) mass is 341 g/mol. The minimum Gasteiger partial charge on any atom is -0.312 e. The van der Waals surface area contributed by atoms with E-state index in [1.807, 2.05) is 3.93 Å². The van der Waals surface area contributed by atoms with Gasteiger partial charge in [0.25, 0.3) is 0 Å². The number of hydrogen-bond acceptors (Lipinski definition) is 1. The predicted molar refractivity (Wildman–Crippen MR) is 93.9 cm³/mol. The number of rotatable bonds is 12. The second-order valence-corrected chi connectivity index (χ2v) is 6.87. The lowest BCUT2D eigenvalue weighted by Gasteiger charge is -2.14. The summed E-state index contributed by atoms with van der Waals surface area (Å²) in [6.07, 6.45) is 23.6. The van der Waals surface area contributed by atoms with E-state index < -0.39 is 0 Å². The minimum absolute atomic E-state index is 1.00. The van der Waals surface area contributed by atoms with Gasteiger partial charge in [0, 0.05) is 28.9 Å². The van der Waals surface area contributed by atoms with E-state index in [-0.39, 0.29) is 0 Å². The highest BCUT2D eigenvalue weighted by molar-refractivity contribution is 9.07. The maximum absolute atomic E-state index is 3.45. The van der Waals surface area contributed by atoms with Crippen molar-refractivity contribution >= 4 is 16.1 Å². The Hall–Kier alpha value is -0.240. The van der Waals surface area contributed by atoms with Gasteiger partial charge in [-0.1, -0.05) is 77.2 Å². The molecular formula is C18H32BrN. The molecule has 1 nitrogen and oxygen atoms in total. The topological polar surface area (TPSA) is 3.24 Å². The lowest BCUT2D eigenvalue weighted by atomic mass is 10.0. The van der Waals surface area contributed by atoms with Gasteiger partial charge in [0.15, 0.2) is 0 Å². The van der Waals surface area contributed by atoms with Gasteiger partial charge in [-0.05, 0) is 24.5 Å². The molecular weight excluding hydrogens is 310 g/mol. The largest absolute Gasteiger partial charge is 0.312 e. The lowest BCUT2D eigenvalue weighted by Crippen LogP contribution is -2.06. The smallest absolute Gasteiger partial charge is 0.0494 e. The van der Waals surface area contributed by atoms with Crippen LogP contribution in [0.1, 0.15) is 84.0 Å². The van der Waals surface area contributed by atoms with Crippen LogP contribution in [0, 0.1) is 0 Å². The summed E-state index contributed by atoms with van der Waals surface area (Å²) in [6, 6.07) is 0. The van der Waals surface area contributed by atoms with Gasteiger partial charge >= 0.3 is 0 Å². The Balaban J connectivity index is 1.80. The van der Waals surface area contributed by atoms with Crippen LogP contribution in [0.2, 0.25) is 0 Å². The maximum atomic E-state index is 3.45. The molecule has 0 N–H and O–H groups in total. The molecule has 0 amide bonds. The zero-order valence-corrected chi connectivity index (χ0v) is 14.8. The summed E-state index contributed by atoms with van der Waals surface area (Å²) in [7, 11) is 0. The zero-order valence-electron chi connectivity index (χ0n) is 13.2. The molecule has 1 rings (SSSR count). The Labute approximate surface area is 134 Å². The Kier molecular flexibility index (Phi) is 11.1. The standard InChI is InChI=1S/C18H32BrN/c1-2-3-4-5-6-7-8-9-10-11-12-13-18-14-16-20(19)17-15-18/h14-16H,2-13,17H2,1H3. The quantitative estimate of drug-likeness (QED) is 0.280. The molecule has 1 heterocycles. The Morgan fingerprint density at radius 1 is 0.900 bits per heavy atom. The first-order chi connectivity index (χ1) is 9.83. The highest BCUT2D eigenvalue weighted by Crippen LogP contribution is 2.17. The van der Waals surface area contributed by atoms with Crippen LogP contribution in [0.5, 0.6) is 0 Å². The highest BCUT2D eigenvalue weighted by Gasteiger charge is 2.01. The summed E-state index contributed by atoms with van der Waals surface area (Å²) in [5.41, 5.74) is 1.51. The molecule has 1 aliphatic heterocycles. The van der Waals surface area contributed by atoms with Crippen molar-refractivity contribution < 1.29 is 0 Å². The third-order valence-electron chi connectivity index (χ3n) is 4.05. The van der Waals surface area contributed by atoms with Crippen molar-refractivity contribution in [2.75, 3.05) is 6.54 Å². The molecule has 0 spiro atoms. The molecule has 116 valence electrons. The van der Waals surface area contributed by atoms with E-state index in [4.69, 9.17) is 0 Å². The van der Waals surface area contributed by atoms with Crippen molar-refractivity contribution in [1.29, 1.82) is 0 Å². The van der Waals surface area contributed by atoms with Crippen molar-refractivity contribution in [3.05, 3.63) is 23.9 Å². The maximum Gasteiger partial charge on any atom is 0.0494 e. The molecule has 20 heavy (non-hydrogen) atoms. The van der Waals surface area contributed by atoms with Crippen molar-refractivity contribution in [3.8, 4) is 0 Å². The van der Waals surface area contributed by atoms with Crippen molar-refractivity contribution in [1.82, 2.24) is 3.93 Å². The molecule has 0 bridgehead atoms. The molecule has 0 saturated heterocycles. The fraction of sp³-hybridized carbons (Fsp3) is 0.778. The van der Waals surface area contributed by atoms with Crippen LogP contribution >= 0.6 is 16.1 Å². The van der Waals surface area contributed by atoms with Gasteiger partial charge in [0.1, 0.15) is 0 Å². The number of nitrogens with zero attached hydrogens (tertiary/aromatic N) is 1. The SMILES string of the molecule is CCCCCCCCCCCCCC1=CCN(Br)C=C1. The molecule has 0 radical (unpaired) electrons. The zero-order chi connectivity index (χ0) is 14.5. The van der Waals surface area contributed by atoms with E-state index in [1.165, 1.54) is 82.6 Å². The number of halogens is 1. The Morgan fingerprint density at radius 3 is 1.95 bits per heavy atom. The molecule has 0 aromatic carbocycles. The van der Waals surface area contributed by atoms with E-state index in [0.29, 0.717) is 0 Å². The molecule has 0 atom stereocenters. The molecule has 0 aromatic rings. The molecule has 0 fully saturated rings. The van der Waals surface area contributed by atoms with Crippen LogP contribution in [0.4, 0.5) is 0 Å². The van der Waals surface area contributed by atoms with Crippen molar-refractivity contribution in [3.63, 3.8) is 0 Å². The first kappa shape index (κ1) is 17.8. The average Bonchev–Trinajstić information content (AvgIpc) is 2.47. The van der Waals surface area contributed by atoms with Gasteiger partial charge < -0.3 is 3.93 Å². The summed E-state index contributed by atoms with van der Waals surface area (Å²) in [4.78, 5) is 0. The van der Waals surface area contributed by atoms with E-state index in [1.54, 1.807) is 0 Å². The van der Waals surface area contributed by atoms with Crippen LogP contribution < -0.4 is 0 Å².